The fraction of sp³-hybridized carbons (Fsp3) is 0.381. The van der Waals surface area contributed by atoms with Gasteiger partial charge < -0.3 is 10.5 Å². The van der Waals surface area contributed by atoms with Gasteiger partial charge in [0, 0.05) is 43.8 Å². The molecule has 0 spiro atoms. The maximum Gasteiger partial charge on any atom is 0.415 e. The number of halogens is 3. The van der Waals surface area contributed by atoms with Crippen LogP contribution in [0.4, 0.5) is 13.2 Å². The van der Waals surface area contributed by atoms with Crippen molar-refractivity contribution in [3.8, 4) is 11.1 Å². The molecule has 2 aromatic heterocycles. The van der Waals surface area contributed by atoms with E-state index in [-0.39, 0.29) is 12.2 Å². The van der Waals surface area contributed by atoms with Crippen molar-refractivity contribution in [3.63, 3.8) is 0 Å². The van der Waals surface area contributed by atoms with Crippen LogP contribution in [0.25, 0.3) is 22.0 Å². The predicted molar refractivity (Wildman–Crippen MR) is 108 cm³/mol. The highest BCUT2D eigenvalue weighted by Crippen LogP contribution is 2.31. The molecule has 164 valence electrons. The van der Waals surface area contributed by atoms with Crippen molar-refractivity contribution in [1.82, 2.24) is 19.7 Å². The molecule has 4 rings (SSSR count). The Hall–Kier alpha value is -2.98. The maximum absolute atomic E-state index is 13.2. The highest BCUT2D eigenvalue weighted by atomic mass is 19.4. The van der Waals surface area contributed by atoms with E-state index in [4.69, 9.17) is 10.5 Å². The van der Waals surface area contributed by atoms with Crippen molar-refractivity contribution in [2.75, 3.05) is 13.1 Å². The molecule has 0 unspecified atom stereocenters. The van der Waals surface area contributed by atoms with E-state index in [2.05, 4.69) is 10.1 Å². The number of aromatic nitrogens is 3. The number of ether oxygens (including phenoxy) is 1. The minimum absolute atomic E-state index is 0.112. The van der Waals surface area contributed by atoms with Crippen molar-refractivity contribution in [2.24, 2.45) is 12.8 Å². The summed E-state index contributed by atoms with van der Waals surface area (Å²) in [5.41, 5.74) is 8.47. The number of nitrogens with zero attached hydrogens (tertiary/aromatic N) is 4. The first-order valence-electron chi connectivity index (χ1n) is 9.77. The Kier molecular flexibility index (Phi) is 5.44. The van der Waals surface area contributed by atoms with Gasteiger partial charge in [-0.15, -0.1) is 0 Å². The number of carbonyl (C=O) groups excluding carboxylic acids is 1. The molecule has 0 radical (unpaired) electrons. The molecule has 10 heteroatoms. The van der Waals surface area contributed by atoms with Gasteiger partial charge in [-0.05, 0) is 30.2 Å². The maximum atomic E-state index is 13.2. The van der Waals surface area contributed by atoms with Crippen LogP contribution in [0.15, 0.2) is 36.7 Å². The lowest BCUT2D eigenvalue weighted by Gasteiger charge is -2.37. The monoisotopic (exact) mass is 433 g/mol. The van der Waals surface area contributed by atoms with E-state index in [1.807, 2.05) is 18.3 Å². The first-order valence-corrected chi connectivity index (χ1v) is 9.77. The largest absolute Gasteiger partial charge is 0.415 e. The number of hydrogen-bond donors (Lipinski definition) is 1. The molecule has 2 N–H and O–H groups in total. The standard InChI is InChI=1S/C21H22F3N5O2/c1-12-8-29(11-19(31-12)21(22,23)24)9-13-3-4-15-16(14-7-26-28(2)10-14)6-18(20(25)30)27-17(15)5-13/h3-7,10,12,19H,8-9,11H2,1-2H3,(H2,25,30)/t12-,19+/m1/s1. The number of pyridine rings is 1. The zero-order valence-corrected chi connectivity index (χ0v) is 17.1. The van der Waals surface area contributed by atoms with Gasteiger partial charge in [0.1, 0.15) is 5.69 Å². The van der Waals surface area contributed by atoms with Gasteiger partial charge in [0.05, 0.1) is 17.8 Å². The van der Waals surface area contributed by atoms with Crippen molar-refractivity contribution < 1.29 is 22.7 Å². The Morgan fingerprint density at radius 3 is 2.71 bits per heavy atom. The number of rotatable bonds is 4. The Labute approximate surface area is 176 Å². The van der Waals surface area contributed by atoms with E-state index >= 15 is 0 Å². The molecule has 3 aromatic rings. The molecule has 0 aliphatic carbocycles. The second kappa shape index (κ2) is 7.93. The Morgan fingerprint density at radius 1 is 1.29 bits per heavy atom. The van der Waals surface area contributed by atoms with E-state index in [0.717, 1.165) is 22.1 Å². The summed E-state index contributed by atoms with van der Waals surface area (Å²) in [5, 5.41) is 4.97. The molecule has 7 nitrogen and oxygen atoms in total. The van der Waals surface area contributed by atoms with E-state index in [1.165, 1.54) is 0 Å². The van der Waals surface area contributed by atoms with Crippen LogP contribution in [-0.4, -0.2) is 57.0 Å². The van der Waals surface area contributed by atoms with Gasteiger partial charge in [-0.2, -0.15) is 18.3 Å². The highest BCUT2D eigenvalue weighted by molar-refractivity contribution is 6.00. The topological polar surface area (TPSA) is 86.3 Å². The molecule has 1 aromatic carbocycles. The minimum Gasteiger partial charge on any atom is -0.364 e. The second-order valence-electron chi connectivity index (χ2n) is 7.84. The molecule has 1 aliphatic rings. The molecule has 3 heterocycles. The number of alkyl halides is 3. The molecule has 0 saturated carbocycles. The van der Waals surface area contributed by atoms with Crippen LogP contribution in [-0.2, 0) is 18.3 Å². The van der Waals surface area contributed by atoms with E-state index in [9.17, 15) is 18.0 Å². The van der Waals surface area contributed by atoms with Gasteiger partial charge in [-0.1, -0.05) is 12.1 Å². The average molecular weight is 433 g/mol. The van der Waals surface area contributed by atoms with Crippen LogP contribution in [0.2, 0.25) is 0 Å². The number of fused-ring (bicyclic) bond motifs is 1. The summed E-state index contributed by atoms with van der Waals surface area (Å²) in [5.74, 6) is -0.660. The van der Waals surface area contributed by atoms with E-state index in [1.54, 1.807) is 41.9 Å². The predicted octanol–water partition coefficient (Wildman–Crippen LogP) is 2.89. The molecule has 1 aliphatic heterocycles. The van der Waals surface area contributed by atoms with E-state index in [0.29, 0.717) is 18.6 Å². The van der Waals surface area contributed by atoms with Crippen LogP contribution in [0.5, 0.6) is 0 Å². The first kappa shape index (κ1) is 21.3. The molecule has 1 saturated heterocycles. The highest BCUT2D eigenvalue weighted by Gasteiger charge is 2.44. The summed E-state index contributed by atoms with van der Waals surface area (Å²) >= 11 is 0. The second-order valence-corrected chi connectivity index (χ2v) is 7.84. The van der Waals surface area contributed by atoms with Crippen LogP contribution < -0.4 is 5.73 Å². The molecule has 1 fully saturated rings. The Balaban J connectivity index is 1.68. The van der Waals surface area contributed by atoms with Gasteiger partial charge in [-0.25, -0.2) is 4.98 Å². The lowest BCUT2D eigenvalue weighted by Crippen LogP contribution is -2.51. The molecular weight excluding hydrogens is 411 g/mol. The van der Waals surface area contributed by atoms with Crippen molar-refractivity contribution in [3.05, 3.63) is 47.9 Å². The third-order valence-corrected chi connectivity index (χ3v) is 5.25. The Morgan fingerprint density at radius 2 is 2.06 bits per heavy atom. The summed E-state index contributed by atoms with van der Waals surface area (Å²) in [4.78, 5) is 17.9. The van der Waals surface area contributed by atoms with Crippen molar-refractivity contribution >= 4 is 16.8 Å². The lowest BCUT2D eigenvalue weighted by atomic mass is 10.0. The van der Waals surface area contributed by atoms with Crippen LogP contribution in [0.3, 0.4) is 0 Å². The van der Waals surface area contributed by atoms with Gasteiger partial charge in [-0.3, -0.25) is 14.4 Å². The number of nitrogens with two attached hydrogens (primary N) is 1. The number of aryl methyl sites for hydroxylation is 1. The van der Waals surface area contributed by atoms with E-state index < -0.39 is 24.3 Å². The summed E-state index contributed by atoms with van der Waals surface area (Å²) in [6.07, 6.45) is -3.25. The minimum atomic E-state index is -4.41. The van der Waals surface area contributed by atoms with Gasteiger partial charge >= 0.3 is 6.18 Å². The Bertz CT molecular complexity index is 1130. The van der Waals surface area contributed by atoms with Gasteiger partial charge in [0.15, 0.2) is 6.10 Å². The fourth-order valence-corrected chi connectivity index (χ4v) is 3.90. The quantitative estimate of drug-likeness (QED) is 0.684. The SMILES string of the molecule is C[C@@H]1CN(Cc2ccc3c(-c4cnn(C)c4)cc(C(N)=O)nc3c2)C[C@@H](C(F)(F)F)O1. The van der Waals surface area contributed by atoms with Gasteiger partial charge in [0.25, 0.3) is 5.91 Å². The number of benzene rings is 1. The average Bonchev–Trinajstić information content (AvgIpc) is 3.12. The van der Waals surface area contributed by atoms with Crippen LogP contribution >= 0.6 is 0 Å². The third-order valence-electron chi connectivity index (χ3n) is 5.25. The fourth-order valence-electron chi connectivity index (χ4n) is 3.90. The van der Waals surface area contributed by atoms with Crippen LogP contribution in [0, 0.1) is 0 Å². The zero-order valence-electron chi connectivity index (χ0n) is 17.1. The number of carbonyl (C=O) groups is 1. The van der Waals surface area contributed by atoms with Crippen molar-refractivity contribution in [1.29, 1.82) is 0 Å². The number of amides is 1. The molecule has 0 bridgehead atoms. The third kappa shape index (κ3) is 4.54. The van der Waals surface area contributed by atoms with Crippen molar-refractivity contribution in [2.45, 2.75) is 31.9 Å². The number of morpholine rings is 1. The smallest absolute Gasteiger partial charge is 0.364 e. The normalized spacial score (nSPS) is 20.3. The van der Waals surface area contributed by atoms with Gasteiger partial charge in [0.2, 0.25) is 0 Å². The zero-order chi connectivity index (χ0) is 22.3. The number of hydrogen-bond acceptors (Lipinski definition) is 5. The number of primary amides is 1. The lowest BCUT2D eigenvalue weighted by molar-refractivity contribution is -0.252. The van der Waals surface area contributed by atoms with Crippen LogP contribution in [0.1, 0.15) is 23.0 Å². The molecule has 31 heavy (non-hydrogen) atoms. The molecule has 1 amide bonds. The summed E-state index contributed by atoms with van der Waals surface area (Å²) in [7, 11) is 1.79. The first-order chi connectivity index (χ1) is 14.6. The molecule has 2 atom stereocenters. The molecular formula is C21H22F3N5O2. The summed E-state index contributed by atoms with van der Waals surface area (Å²) in [6, 6.07) is 7.12. The summed E-state index contributed by atoms with van der Waals surface area (Å²) < 4.78 is 46.2. The summed E-state index contributed by atoms with van der Waals surface area (Å²) in [6.45, 7) is 2.09.